The first-order valence-electron chi connectivity index (χ1n) is 7.19. The maximum absolute atomic E-state index is 11.7. The molecule has 0 bridgehead atoms. The Kier molecular flexibility index (Phi) is 9.60. The Morgan fingerprint density at radius 3 is 2.32 bits per heavy atom. The van der Waals surface area contributed by atoms with E-state index < -0.39 is 10.0 Å². The lowest BCUT2D eigenvalue weighted by molar-refractivity contribution is 0.256. The van der Waals surface area contributed by atoms with E-state index in [1.54, 1.807) is 0 Å². The van der Waals surface area contributed by atoms with Gasteiger partial charge in [-0.3, -0.25) is 0 Å². The van der Waals surface area contributed by atoms with E-state index in [9.17, 15) is 8.42 Å². The first kappa shape index (κ1) is 18.8. The monoisotopic (exact) mass is 293 g/mol. The van der Waals surface area contributed by atoms with Crippen molar-refractivity contribution >= 4 is 10.0 Å². The molecule has 0 fully saturated rings. The summed E-state index contributed by atoms with van der Waals surface area (Å²) in [4.78, 5) is 2.17. The molecule has 0 aromatic heterocycles. The number of hydrogen-bond acceptors (Lipinski definition) is 4. The molecule has 1 atom stereocenters. The fourth-order valence-corrected chi connectivity index (χ4v) is 2.71. The van der Waals surface area contributed by atoms with Crippen molar-refractivity contribution in [1.82, 2.24) is 14.9 Å². The Hall–Kier alpha value is -0.170. The van der Waals surface area contributed by atoms with Crippen molar-refractivity contribution < 1.29 is 8.42 Å². The molecular formula is C13H31N3O2S. The van der Waals surface area contributed by atoms with Crippen LogP contribution in [0.4, 0.5) is 0 Å². The summed E-state index contributed by atoms with van der Waals surface area (Å²) in [6.07, 6.45) is 1.72. The zero-order valence-electron chi connectivity index (χ0n) is 13.1. The molecule has 0 aliphatic carbocycles. The average Bonchev–Trinajstić information content (AvgIpc) is 2.33. The van der Waals surface area contributed by atoms with Gasteiger partial charge in [0.2, 0.25) is 10.0 Å². The van der Waals surface area contributed by atoms with Crippen LogP contribution < -0.4 is 10.0 Å². The average molecular weight is 293 g/mol. The van der Waals surface area contributed by atoms with Gasteiger partial charge in [-0.25, -0.2) is 13.1 Å². The second kappa shape index (κ2) is 9.69. The summed E-state index contributed by atoms with van der Waals surface area (Å²) in [5.74, 6) is 0.194. The van der Waals surface area contributed by atoms with Crippen molar-refractivity contribution in [1.29, 1.82) is 0 Å². The van der Waals surface area contributed by atoms with E-state index in [0.717, 1.165) is 19.5 Å². The van der Waals surface area contributed by atoms with Crippen molar-refractivity contribution in [2.45, 2.75) is 52.6 Å². The molecule has 0 spiro atoms. The lowest BCUT2D eigenvalue weighted by Crippen LogP contribution is -2.38. The smallest absolute Gasteiger partial charge is 0.211 e. The molecule has 6 heteroatoms. The zero-order valence-corrected chi connectivity index (χ0v) is 13.9. The lowest BCUT2D eigenvalue weighted by Gasteiger charge is -2.23. The summed E-state index contributed by atoms with van der Waals surface area (Å²) in [6, 6.07) is 0.889. The molecule has 0 aromatic carbocycles. The number of rotatable bonds is 11. The van der Waals surface area contributed by atoms with Gasteiger partial charge in [0.25, 0.3) is 0 Å². The highest BCUT2D eigenvalue weighted by molar-refractivity contribution is 7.89. The van der Waals surface area contributed by atoms with Gasteiger partial charge in [-0.2, -0.15) is 0 Å². The summed E-state index contributed by atoms with van der Waals surface area (Å²) in [7, 11) is -1.10. The van der Waals surface area contributed by atoms with E-state index in [4.69, 9.17) is 0 Å². The van der Waals surface area contributed by atoms with Crippen LogP contribution in [0, 0.1) is 0 Å². The van der Waals surface area contributed by atoms with Crippen LogP contribution in [0.2, 0.25) is 0 Å². The van der Waals surface area contributed by atoms with Crippen LogP contribution in [-0.4, -0.2) is 57.8 Å². The highest BCUT2D eigenvalue weighted by atomic mass is 32.2. The molecule has 19 heavy (non-hydrogen) atoms. The molecule has 0 rings (SSSR count). The Balaban J connectivity index is 3.79. The van der Waals surface area contributed by atoms with Gasteiger partial charge in [-0.05, 0) is 33.4 Å². The molecule has 116 valence electrons. The summed E-state index contributed by atoms with van der Waals surface area (Å²) < 4.78 is 26.1. The highest BCUT2D eigenvalue weighted by Gasteiger charge is 2.11. The molecule has 0 aromatic rings. The molecule has 5 nitrogen and oxygen atoms in total. The SMILES string of the molecule is CCC(C)N(C)CCNS(=O)(=O)CCCNC(C)C. The second-order valence-corrected chi connectivity index (χ2v) is 7.34. The molecule has 0 aliphatic heterocycles. The van der Waals surface area contributed by atoms with Gasteiger partial charge in [0.15, 0.2) is 0 Å². The van der Waals surface area contributed by atoms with Gasteiger partial charge in [0.05, 0.1) is 5.75 Å². The van der Waals surface area contributed by atoms with Crippen LogP contribution in [0.25, 0.3) is 0 Å². The van der Waals surface area contributed by atoms with Crippen molar-refractivity contribution in [2.75, 3.05) is 32.4 Å². The van der Waals surface area contributed by atoms with Gasteiger partial charge in [0, 0.05) is 25.2 Å². The van der Waals surface area contributed by atoms with Gasteiger partial charge in [-0.15, -0.1) is 0 Å². The molecule has 0 saturated carbocycles. The molecular weight excluding hydrogens is 262 g/mol. The molecule has 0 radical (unpaired) electrons. The third-order valence-corrected chi connectivity index (χ3v) is 4.74. The van der Waals surface area contributed by atoms with Gasteiger partial charge >= 0.3 is 0 Å². The number of sulfonamides is 1. The predicted octanol–water partition coefficient (Wildman–Crippen LogP) is 1.02. The summed E-state index contributed by atoms with van der Waals surface area (Å²) in [6.45, 7) is 10.4. The van der Waals surface area contributed by atoms with Gasteiger partial charge in [-0.1, -0.05) is 20.8 Å². The Labute approximate surface area is 119 Å². The van der Waals surface area contributed by atoms with Crippen LogP contribution in [0.15, 0.2) is 0 Å². The Morgan fingerprint density at radius 1 is 1.16 bits per heavy atom. The maximum atomic E-state index is 11.7. The van der Waals surface area contributed by atoms with Crippen molar-refractivity contribution in [2.24, 2.45) is 0 Å². The summed E-state index contributed by atoms with van der Waals surface area (Å²) >= 11 is 0. The molecule has 0 amide bonds. The molecule has 0 heterocycles. The zero-order chi connectivity index (χ0) is 14.9. The van der Waals surface area contributed by atoms with E-state index in [2.05, 4.69) is 42.6 Å². The van der Waals surface area contributed by atoms with E-state index in [0.29, 0.717) is 25.0 Å². The first-order chi connectivity index (χ1) is 8.78. The summed E-state index contributed by atoms with van der Waals surface area (Å²) in [5.41, 5.74) is 0. The number of nitrogens with one attached hydrogen (secondary N) is 2. The minimum Gasteiger partial charge on any atom is -0.314 e. The normalized spacial score (nSPS) is 14.3. The number of likely N-dealkylation sites (N-methyl/N-ethyl adjacent to an activating group) is 1. The molecule has 1 unspecified atom stereocenters. The molecule has 2 N–H and O–H groups in total. The fourth-order valence-electron chi connectivity index (χ4n) is 1.63. The minimum absolute atomic E-state index is 0.194. The third-order valence-electron chi connectivity index (χ3n) is 3.27. The second-order valence-electron chi connectivity index (χ2n) is 5.41. The largest absolute Gasteiger partial charge is 0.314 e. The third kappa shape index (κ3) is 10.3. The maximum Gasteiger partial charge on any atom is 0.211 e. The quantitative estimate of drug-likeness (QED) is 0.559. The summed E-state index contributed by atoms with van der Waals surface area (Å²) in [5, 5.41) is 3.21. The highest BCUT2D eigenvalue weighted by Crippen LogP contribution is 1.98. The van der Waals surface area contributed by atoms with E-state index >= 15 is 0 Å². The minimum atomic E-state index is -3.12. The topological polar surface area (TPSA) is 61.4 Å². The molecule has 0 saturated heterocycles. The van der Waals surface area contributed by atoms with Crippen LogP contribution in [0.1, 0.15) is 40.5 Å². The van der Waals surface area contributed by atoms with Crippen LogP contribution in [0.5, 0.6) is 0 Å². The van der Waals surface area contributed by atoms with E-state index in [1.807, 2.05) is 7.05 Å². The van der Waals surface area contributed by atoms with Gasteiger partial charge < -0.3 is 10.2 Å². The van der Waals surface area contributed by atoms with Crippen molar-refractivity contribution in [3.05, 3.63) is 0 Å². The van der Waals surface area contributed by atoms with Crippen LogP contribution in [0.3, 0.4) is 0 Å². The number of hydrogen-bond donors (Lipinski definition) is 2. The standard InChI is InChI=1S/C13H31N3O2S/c1-6-13(4)16(5)10-9-15-19(17,18)11-7-8-14-12(2)3/h12-15H,6-11H2,1-5H3. The molecule has 0 aliphatic rings. The Morgan fingerprint density at radius 2 is 1.79 bits per heavy atom. The van der Waals surface area contributed by atoms with E-state index in [1.165, 1.54) is 0 Å². The van der Waals surface area contributed by atoms with Crippen molar-refractivity contribution in [3.8, 4) is 0 Å². The van der Waals surface area contributed by atoms with Gasteiger partial charge in [0.1, 0.15) is 0 Å². The fraction of sp³-hybridized carbons (Fsp3) is 1.00. The van der Waals surface area contributed by atoms with E-state index in [-0.39, 0.29) is 5.75 Å². The first-order valence-corrected chi connectivity index (χ1v) is 8.84. The Bertz CT molecular complexity index is 318. The van der Waals surface area contributed by atoms with Crippen molar-refractivity contribution in [3.63, 3.8) is 0 Å². The van der Waals surface area contributed by atoms with Crippen LogP contribution >= 0.6 is 0 Å². The van der Waals surface area contributed by atoms with Crippen LogP contribution in [-0.2, 0) is 10.0 Å². The predicted molar refractivity (Wildman–Crippen MR) is 81.9 cm³/mol. The number of nitrogens with zero attached hydrogens (tertiary/aromatic N) is 1. The lowest BCUT2D eigenvalue weighted by atomic mass is 10.2.